The number of hydrogen-bond donors (Lipinski definition) is 3. The molecule has 1 fully saturated rings. The molecule has 3 heterocycles. The number of carbonyl (C=O) groups excluding carboxylic acids is 1. The number of aromatic nitrogens is 2. The lowest BCUT2D eigenvalue weighted by Crippen LogP contribution is -2.40. The van der Waals surface area contributed by atoms with Crippen molar-refractivity contribution in [1.82, 2.24) is 19.8 Å². The van der Waals surface area contributed by atoms with Gasteiger partial charge >= 0.3 is 5.69 Å². The summed E-state index contributed by atoms with van der Waals surface area (Å²) in [6, 6.07) is 33.2. The van der Waals surface area contributed by atoms with Crippen molar-refractivity contribution in [2.24, 2.45) is 4.99 Å². The topological polar surface area (TPSA) is 97.8 Å². The molecule has 1 atom stereocenters. The first-order valence-corrected chi connectivity index (χ1v) is 15.9. The second kappa shape index (κ2) is 12.4. The van der Waals surface area contributed by atoms with Crippen molar-refractivity contribution < 1.29 is 4.79 Å². The molecule has 0 aliphatic carbocycles. The number of amides is 1. The second-order valence-electron chi connectivity index (χ2n) is 12.3. The SMILES string of the molecule is CNCC(=O)N(C)c1ccc2c(c1)NC(c1ccccc1)(c1ccc(CN3CCC(n4c(=O)[nH]c5ccccc54)CC3)cc1)C=N2. The second-order valence-corrected chi connectivity index (χ2v) is 12.3. The van der Waals surface area contributed by atoms with E-state index in [4.69, 9.17) is 4.99 Å². The number of benzene rings is 4. The maximum Gasteiger partial charge on any atom is 0.326 e. The Labute approximate surface area is 268 Å². The highest BCUT2D eigenvalue weighted by Crippen LogP contribution is 2.41. The summed E-state index contributed by atoms with van der Waals surface area (Å²) in [4.78, 5) is 37.4. The summed E-state index contributed by atoms with van der Waals surface area (Å²) in [7, 11) is 3.56. The number of aromatic amines is 1. The number of para-hydroxylation sites is 2. The fraction of sp³-hybridized carbons (Fsp3) is 0.270. The lowest BCUT2D eigenvalue weighted by atomic mass is 9.82. The van der Waals surface area contributed by atoms with E-state index in [2.05, 4.69) is 56.9 Å². The monoisotopic (exact) mass is 613 g/mol. The molecule has 5 aromatic rings. The lowest BCUT2D eigenvalue weighted by Gasteiger charge is -2.37. The molecule has 0 bridgehead atoms. The fourth-order valence-electron chi connectivity index (χ4n) is 6.83. The highest BCUT2D eigenvalue weighted by atomic mass is 16.2. The molecule has 0 spiro atoms. The minimum Gasteiger partial charge on any atom is -0.365 e. The van der Waals surface area contributed by atoms with Crippen LogP contribution in [0.2, 0.25) is 0 Å². The zero-order chi connectivity index (χ0) is 31.7. The van der Waals surface area contributed by atoms with E-state index in [1.54, 1.807) is 19.0 Å². The van der Waals surface area contributed by atoms with Gasteiger partial charge in [-0.1, -0.05) is 66.7 Å². The standard InChI is InChI=1S/C37H39N7O2/c1-38-23-35(45)42(2)30-16-17-31-33(22-30)41-37(25-39-31,27-8-4-3-5-9-27)28-14-12-26(13-15-28)24-43-20-18-29(19-21-43)44-34-11-7-6-10-32(34)40-36(44)46/h3-17,22,25,29,38,41H,18-21,23-24H2,1-2H3,(H,40,46). The average molecular weight is 614 g/mol. The number of nitrogens with one attached hydrogen (secondary N) is 3. The van der Waals surface area contributed by atoms with Gasteiger partial charge < -0.3 is 20.5 Å². The molecular formula is C37H39N7O2. The number of nitrogens with zero attached hydrogens (tertiary/aromatic N) is 4. The summed E-state index contributed by atoms with van der Waals surface area (Å²) in [5, 5.41) is 6.74. The van der Waals surface area contributed by atoms with Gasteiger partial charge in [0, 0.05) is 44.6 Å². The van der Waals surface area contributed by atoms with E-state index in [0.717, 1.165) is 71.7 Å². The fourth-order valence-corrected chi connectivity index (χ4v) is 6.83. The smallest absolute Gasteiger partial charge is 0.326 e. The Morgan fingerprint density at radius 1 is 0.957 bits per heavy atom. The summed E-state index contributed by atoms with van der Waals surface area (Å²) in [5.41, 5.74) is 7.11. The largest absolute Gasteiger partial charge is 0.365 e. The van der Waals surface area contributed by atoms with E-state index in [1.165, 1.54) is 5.56 Å². The Morgan fingerprint density at radius 2 is 1.67 bits per heavy atom. The predicted molar refractivity (Wildman–Crippen MR) is 185 cm³/mol. The van der Waals surface area contributed by atoms with E-state index in [9.17, 15) is 9.59 Å². The zero-order valence-corrected chi connectivity index (χ0v) is 26.2. The Balaban J connectivity index is 1.10. The van der Waals surface area contributed by atoms with E-state index in [1.807, 2.05) is 71.4 Å². The van der Waals surface area contributed by atoms with Crippen molar-refractivity contribution >= 4 is 40.2 Å². The first kappa shape index (κ1) is 29.7. The highest BCUT2D eigenvalue weighted by Gasteiger charge is 2.36. The van der Waals surface area contributed by atoms with Crippen LogP contribution in [0.5, 0.6) is 0 Å². The molecule has 1 saturated heterocycles. The van der Waals surface area contributed by atoms with Gasteiger partial charge in [-0.05, 0) is 66.9 Å². The van der Waals surface area contributed by atoms with E-state index < -0.39 is 5.54 Å². The third-order valence-electron chi connectivity index (χ3n) is 9.39. The van der Waals surface area contributed by atoms with Crippen LogP contribution >= 0.6 is 0 Å². The van der Waals surface area contributed by atoms with Crippen LogP contribution < -0.4 is 21.2 Å². The Kier molecular flexibility index (Phi) is 8.02. The number of imidazole rings is 1. The van der Waals surface area contributed by atoms with Gasteiger partial charge in [0.25, 0.3) is 0 Å². The van der Waals surface area contributed by atoms with E-state index >= 15 is 0 Å². The normalized spacial score (nSPS) is 18.3. The zero-order valence-electron chi connectivity index (χ0n) is 26.2. The summed E-state index contributed by atoms with van der Waals surface area (Å²) in [6.07, 6.45) is 3.87. The van der Waals surface area contributed by atoms with Crippen LogP contribution in [0.15, 0.2) is 107 Å². The van der Waals surface area contributed by atoms with E-state index in [0.29, 0.717) is 0 Å². The third kappa shape index (κ3) is 5.52. The minimum absolute atomic E-state index is 0.0113. The van der Waals surface area contributed by atoms with Gasteiger partial charge in [0.1, 0.15) is 5.54 Å². The number of aliphatic imine (C=N–C) groups is 1. The number of hydrogen-bond acceptors (Lipinski definition) is 6. The summed E-state index contributed by atoms with van der Waals surface area (Å²) in [5.74, 6) is -0.0113. The van der Waals surface area contributed by atoms with Crippen LogP contribution in [0, 0.1) is 0 Å². The summed E-state index contributed by atoms with van der Waals surface area (Å²) in [6.45, 7) is 2.99. The van der Waals surface area contributed by atoms with Crippen molar-refractivity contribution in [3.63, 3.8) is 0 Å². The van der Waals surface area contributed by atoms with Gasteiger partial charge in [0.15, 0.2) is 0 Å². The van der Waals surface area contributed by atoms with Crippen LogP contribution in [-0.4, -0.2) is 60.3 Å². The maximum atomic E-state index is 12.7. The molecule has 46 heavy (non-hydrogen) atoms. The minimum atomic E-state index is -0.677. The number of rotatable bonds is 8. The van der Waals surface area contributed by atoms with Crippen molar-refractivity contribution in [2.75, 3.05) is 43.9 Å². The molecule has 1 aromatic heterocycles. The van der Waals surface area contributed by atoms with Gasteiger partial charge in [-0.3, -0.25) is 19.3 Å². The molecule has 9 nitrogen and oxygen atoms in total. The van der Waals surface area contributed by atoms with Crippen molar-refractivity contribution in [3.8, 4) is 0 Å². The molecule has 4 aromatic carbocycles. The van der Waals surface area contributed by atoms with Crippen LogP contribution in [0.4, 0.5) is 17.1 Å². The molecule has 234 valence electrons. The van der Waals surface area contributed by atoms with Crippen LogP contribution in [0.25, 0.3) is 11.0 Å². The molecule has 1 unspecified atom stereocenters. The number of likely N-dealkylation sites (tertiary alicyclic amines) is 1. The van der Waals surface area contributed by atoms with Crippen molar-refractivity contribution in [3.05, 3.63) is 124 Å². The molecule has 2 aliphatic heterocycles. The number of H-pyrrole nitrogens is 1. The average Bonchev–Trinajstić information content (AvgIpc) is 3.44. The highest BCUT2D eigenvalue weighted by molar-refractivity contribution is 5.97. The quantitative estimate of drug-likeness (QED) is 0.217. The van der Waals surface area contributed by atoms with Crippen LogP contribution in [-0.2, 0) is 16.9 Å². The number of carbonyl (C=O) groups is 1. The molecule has 9 heteroatoms. The Bertz CT molecular complexity index is 1940. The maximum absolute atomic E-state index is 12.7. The van der Waals surface area contributed by atoms with Gasteiger partial charge in [-0.25, -0.2) is 4.79 Å². The van der Waals surface area contributed by atoms with Crippen LogP contribution in [0.3, 0.4) is 0 Å². The Hall–Kier alpha value is -4.99. The molecular weight excluding hydrogens is 574 g/mol. The van der Waals surface area contributed by atoms with E-state index in [-0.39, 0.29) is 24.2 Å². The molecule has 0 radical (unpaired) electrons. The first-order valence-electron chi connectivity index (χ1n) is 15.9. The molecule has 3 N–H and O–H groups in total. The van der Waals surface area contributed by atoms with Gasteiger partial charge in [0.2, 0.25) is 5.91 Å². The Morgan fingerprint density at radius 3 is 2.43 bits per heavy atom. The number of likely N-dealkylation sites (N-methyl/N-ethyl adjacent to an activating group) is 2. The van der Waals surface area contributed by atoms with Gasteiger partial charge in [-0.15, -0.1) is 0 Å². The predicted octanol–water partition coefficient (Wildman–Crippen LogP) is 5.42. The third-order valence-corrected chi connectivity index (χ3v) is 9.39. The molecule has 0 saturated carbocycles. The summed E-state index contributed by atoms with van der Waals surface area (Å²) >= 11 is 0. The molecule has 2 aliphatic rings. The molecule has 1 amide bonds. The summed E-state index contributed by atoms with van der Waals surface area (Å²) < 4.78 is 1.95. The molecule has 7 rings (SSSR count). The first-order chi connectivity index (χ1) is 22.4. The van der Waals surface area contributed by atoms with Crippen molar-refractivity contribution in [2.45, 2.75) is 31.0 Å². The number of fused-ring (bicyclic) bond motifs is 2. The van der Waals surface area contributed by atoms with Crippen LogP contribution in [0.1, 0.15) is 35.6 Å². The lowest BCUT2D eigenvalue weighted by molar-refractivity contribution is -0.117. The number of piperidine rings is 1. The van der Waals surface area contributed by atoms with Crippen molar-refractivity contribution in [1.29, 1.82) is 0 Å². The van der Waals surface area contributed by atoms with Gasteiger partial charge in [0.05, 0.1) is 29.0 Å². The van der Waals surface area contributed by atoms with Gasteiger partial charge in [-0.2, -0.15) is 0 Å². The number of anilines is 2.